The summed E-state index contributed by atoms with van der Waals surface area (Å²) >= 11 is 0.639. The summed E-state index contributed by atoms with van der Waals surface area (Å²) in [5.74, 6) is 0. The summed E-state index contributed by atoms with van der Waals surface area (Å²) < 4.78 is 36.6. The van der Waals surface area contributed by atoms with Crippen molar-refractivity contribution in [3.63, 3.8) is 0 Å². The normalized spacial score (nSPS) is 16.7. The van der Waals surface area contributed by atoms with E-state index in [2.05, 4.69) is 15.5 Å². The minimum absolute atomic E-state index is 0.463. The summed E-state index contributed by atoms with van der Waals surface area (Å²) in [5.41, 5.74) is 0. The lowest BCUT2D eigenvalue weighted by Gasteiger charge is -1.99. The Morgan fingerprint density at radius 3 is 2.62 bits per heavy atom. The molecule has 0 spiro atoms. The molecule has 1 saturated carbocycles. The van der Waals surface area contributed by atoms with Crippen LogP contribution in [0.3, 0.4) is 0 Å². The lowest BCUT2D eigenvalue weighted by Crippen LogP contribution is -2.17. The molecule has 0 aliphatic heterocycles. The summed E-state index contributed by atoms with van der Waals surface area (Å²) in [4.78, 5) is 0. The van der Waals surface area contributed by atoms with Crippen molar-refractivity contribution in [2.45, 2.75) is 37.9 Å². The molecule has 3 nitrogen and oxygen atoms in total. The third kappa shape index (κ3) is 3.41. The second-order valence-corrected chi connectivity index (χ2v) is 4.89. The van der Waals surface area contributed by atoms with Crippen molar-refractivity contribution in [2.75, 3.05) is 6.54 Å². The van der Waals surface area contributed by atoms with Gasteiger partial charge in [0.05, 0.1) is 0 Å². The van der Waals surface area contributed by atoms with Gasteiger partial charge in [-0.25, -0.2) is 0 Å². The van der Waals surface area contributed by atoms with Crippen molar-refractivity contribution >= 4 is 11.3 Å². The third-order valence-electron chi connectivity index (χ3n) is 2.29. The van der Waals surface area contributed by atoms with Crippen molar-refractivity contribution in [3.05, 3.63) is 10.0 Å². The van der Waals surface area contributed by atoms with E-state index in [1.165, 1.54) is 12.8 Å². The van der Waals surface area contributed by atoms with Crippen molar-refractivity contribution in [1.82, 2.24) is 15.5 Å². The second kappa shape index (κ2) is 4.67. The first-order valence-electron chi connectivity index (χ1n) is 5.18. The zero-order chi connectivity index (χ0) is 11.6. The highest BCUT2D eigenvalue weighted by Crippen LogP contribution is 2.31. The molecule has 0 radical (unpaired) electrons. The van der Waals surface area contributed by atoms with E-state index < -0.39 is 11.2 Å². The molecule has 2 rings (SSSR count). The van der Waals surface area contributed by atoms with Gasteiger partial charge in [0.1, 0.15) is 5.01 Å². The molecule has 16 heavy (non-hydrogen) atoms. The highest BCUT2D eigenvalue weighted by molar-refractivity contribution is 7.11. The van der Waals surface area contributed by atoms with E-state index in [1.54, 1.807) is 0 Å². The van der Waals surface area contributed by atoms with Crippen LogP contribution in [0.1, 0.15) is 29.3 Å². The molecule has 0 bridgehead atoms. The Morgan fingerprint density at radius 2 is 2.06 bits per heavy atom. The van der Waals surface area contributed by atoms with Gasteiger partial charge < -0.3 is 5.32 Å². The second-order valence-electron chi connectivity index (χ2n) is 3.83. The zero-order valence-electron chi connectivity index (χ0n) is 8.55. The monoisotopic (exact) mass is 251 g/mol. The van der Waals surface area contributed by atoms with Crippen molar-refractivity contribution in [3.8, 4) is 0 Å². The van der Waals surface area contributed by atoms with Crippen LogP contribution in [0.25, 0.3) is 0 Å². The SMILES string of the molecule is FC(F)(F)c1nnc(CCCNC2CC2)s1. The lowest BCUT2D eigenvalue weighted by molar-refractivity contribution is -0.138. The van der Waals surface area contributed by atoms with Crippen LogP contribution in [0, 0.1) is 0 Å². The number of nitrogens with one attached hydrogen (secondary N) is 1. The summed E-state index contributed by atoms with van der Waals surface area (Å²) in [6.07, 6.45) is -0.549. The summed E-state index contributed by atoms with van der Waals surface area (Å²) in [7, 11) is 0. The van der Waals surface area contributed by atoms with Gasteiger partial charge in [0.15, 0.2) is 0 Å². The van der Waals surface area contributed by atoms with Gasteiger partial charge in [0.2, 0.25) is 5.01 Å². The maximum absolute atomic E-state index is 12.2. The molecule has 0 saturated heterocycles. The Morgan fingerprint density at radius 1 is 1.31 bits per heavy atom. The average molecular weight is 251 g/mol. The Balaban J connectivity index is 1.73. The summed E-state index contributed by atoms with van der Waals surface area (Å²) in [6, 6.07) is 0.639. The first-order valence-corrected chi connectivity index (χ1v) is 6.00. The molecule has 1 aromatic rings. The van der Waals surface area contributed by atoms with E-state index in [0.29, 0.717) is 28.8 Å². The number of aromatic nitrogens is 2. The molecule has 0 unspecified atom stereocenters. The highest BCUT2D eigenvalue weighted by Gasteiger charge is 2.35. The number of hydrogen-bond donors (Lipinski definition) is 1. The smallest absolute Gasteiger partial charge is 0.314 e. The van der Waals surface area contributed by atoms with E-state index in [9.17, 15) is 13.2 Å². The lowest BCUT2D eigenvalue weighted by atomic mass is 10.3. The largest absolute Gasteiger partial charge is 0.445 e. The molecule has 7 heteroatoms. The van der Waals surface area contributed by atoms with Crippen LogP contribution in [0.15, 0.2) is 0 Å². The van der Waals surface area contributed by atoms with E-state index in [0.717, 1.165) is 13.0 Å². The molecule has 90 valence electrons. The fraction of sp³-hybridized carbons (Fsp3) is 0.778. The van der Waals surface area contributed by atoms with Crippen molar-refractivity contribution < 1.29 is 13.2 Å². The van der Waals surface area contributed by atoms with Crippen LogP contribution in [0.2, 0.25) is 0 Å². The Bertz CT molecular complexity index is 346. The molecule has 1 fully saturated rings. The predicted molar refractivity (Wildman–Crippen MR) is 54.3 cm³/mol. The van der Waals surface area contributed by atoms with Crippen LogP contribution in [0.5, 0.6) is 0 Å². The van der Waals surface area contributed by atoms with Crippen molar-refractivity contribution in [1.29, 1.82) is 0 Å². The van der Waals surface area contributed by atoms with Gasteiger partial charge in [-0.3, -0.25) is 0 Å². The minimum atomic E-state index is -4.36. The molecule has 1 aliphatic carbocycles. The maximum Gasteiger partial charge on any atom is 0.445 e. The fourth-order valence-electron chi connectivity index (χ4n) is 1.30. The number of alkyl halides is 3. The van der Waals surface area contributed by atoms with Crippen LogP contribution in [-0.4, -0.2) is 22.8 Å². The van der Waals surface area contributed by atoms with Gasteiger partial charge in [-0.05, 0) is 25.8 Å². The van der Waals surface area contributed by atoms with Crippen LogP contribution < -0.4 is 5.32 Å². The Labute approximate surface area is 95.1 Å². The third-order valence-corrected chi connectivity index (χ3v) is 3.31. The first-order chi connectivity index (χ1) is 7.55. The number of nitrogens with zero attached hydrogens (tertiary/aromatic N) is 2. The summed E-state index contributed by atoms with van der Waals surface area (Å²) in [6.45, 7) is 0.839. The van der Waals surface area contributed by atoms with Crippen LogP contribution in [-0.2, 0) is 12.6 Å². The van der Waals surface area contributed by atoms with E-state index >= 15 is 0 Å². The topological polar surface area (TPSA) is 37.8 Å². The minimum Gasteiger partial charge on any atom is -0.314 e. The average Bonchev–Trinajstić information content (AvgIpc) is 2.88. The van der Waals surface area contributed by atoms with Gasteiger partial charge in [-0.2, -0.15) is 13.2 Å². The van der Waals surface area contributed by atoms with Crippen molar-refractivity contribution in [2.24, 2.45) is 0 Å². The van der Waals surface area contributed by atoms with Gasteiger partial charge in [-0.15, -0.1) is 10.2 Å². The van der Waals surface area contributed by atoms with E-state index in [1.807, 2.05) is 0 Å². The fourth-order valence-corrected chi connectivity index (χ4v) is 2.05. The van der Waals surface area contributed by atoms with Crippen LogP contribution >= 0.6 is 11.3 Å². The molecule has 0 aromatic carbocycles. The van der Waals surface area contributed by atoms with E-state index in [-0.39, 0.29) is 0 Å². The zero-order valence-corrected chi connectivity index (χ0v) is 9.37. The number of rotatable bonds is 5. The molecular formula is C9H12F3N3S. The molecule has 1 aliphatic rings. The first kappa shape index (κ1) is 11.8. The predicted octanol–water partition coefficient (Wildman–Crippen LogP) is 2.24. The molecule has 1 aromatic heterocycles. The number of hydrogen-bond acceptors (Lipinski definition) is 4. The molecule has 1 heterocycles. The van der Waals surface area contributed by atoms with Gasteiger partial charge in [0, 0.05) is 12.5 Å². The molecule has 0 atom stereocenters. The van der Waals surface area contributed by atoms with Gasteiger partial charge >= 0.3 is 6.18 Å². The molecular weight excluding hydrogens is 239 g/mol. The van der Waals surface area contributed by atoms with Gasteiger partial charge in [0.25, 0.3) is 0 Å². The standard InChI is InChI=1S/C9H12F3N3S/c10-9(11,12)8-15-14-7(16-8)2-1-5-13-6-3-4-6/h6,13H,1-5H2. The maximum atomic E-state index is 12.2. The highest BCUT2D eigenvalue weighted by atomic mass is 32.1. The Hall–Kier alpha value is -0.690. The van der Waals surface area contributed by atoms with Crippen LogP contribution in [0.4, 0.5) is 13.2 Å². The molecule has 1 N–H and O–H groups in total. The summed E-state index contributed by atoms with van der Waals surface area (Å²) in [5, 5.41) is 9.58. The number of halogens is 3. The Kier molecular flexibility index (Phi) is 3.44. The van der Waals surface area contributed by atoms with E-state index in [4.69, 9.17) is 0 Å². The number of aryl methyl sites for hydroxylation is 1. The quantitative estimate of drug-likeness (QED) is 0.815. The van der Waals surface area contributed by atoms with Gasteiger partial charge in [-0.1, -0.05) is 11.3 Å². The molecule has 0 amide bonds.